The molecule has 5 rings (SSSR count). The van der Waals surface area contributed by atoms with Crippen molar-refractivity contribution in [2.24, 2.45) is 11.8 Å². The number of ether oxygens (including phenoxy) is 1. The number of hydrogen-bond donors (Lipinski definition) is 1. The van der Waals surface area contributed by atoms with E-state index in [9.17, 15) is 19.1 Å². The lowest BCUT2D eigenvalue weighted by Gasteiger charge is -2.37. The van der Waals surface area contributed by atoms with E-state index >= 15 is 0 Å². The number of fused-ring (bicyclic) bond motifs is 1. The van der Waals surface area contributed by atoms with Gasteiger partial charge >= 0.3 is 0 Å². The van der Waals surface area contributed by atoms with Gasteiger partial charge in [0.25, 0.3) is 5.91 Å². The Labute approximate surface area is 180 Å². The number of halogens is 1. The second-order valence-corrected chi connectivity index (χ2v) is 8.84. The number of carbonyl (C=O) groups excluding carboxylic acids is 2. The van der Waals surface area contributed by atoms with Crippen molar-refractivity contribution < 1.29 is 23.8 Å². The van der Waals surface area contributed by atoms with Crippen LogP contribution in [0, 0.1) is 17.7 Å². The summed E-state index contributed by atoms with van der Waals surface area (Å²) in [6.07, 6.45) is 2.25. The Kier molecular flexibility index (Phi) is 4.80. The molecule has 1 saturated carbocycles. The van der Waals surface area contributed by atoms with Gasteiger partial charge < -0.3 is 14.7 Å². The summed E-state index contributed by atoms with van der Waals surface area (Å²) in [4.78, 5) is 28.6. The van der Waals surface area contributed by atoms with Crippen molar-refractivity contribution in [1.82, 2.24) is 4.90 Å². The maximum Gasteiger partial charge on any atom is 0.290 e. The molecule has 160 valence electrons. The molecule has 31 heavy (non-hydrogen) atoms. The van der Waals surface area contributed by atoms with Gasteiger partial charge in [0.15, 0.2) is 11.5 Å². The largest absolute Gasteiger partial charge is 0.508 e. The summed E-state index contributed by atoms with van der Waals surface area (Å²) >= 11 is 0. The van der Waals surface area contributed by atoms with Crippen LogP contribution in [0.4, 0.5) is 4.39 Å². The summed E-state index contributed by atoms with van der Waals surface area (Å²) in [5.74, 6) is -0.203. The van der Waals surface area contributed by atoms with E-state index in [1.165, 1.54) is 12.1 Å². The van der Waals surface area contributed by atoms with Crippen LogP contribution in [0.2, 0.25) is 0 Å². The smallest absolute Gasteiger partial charge is 0.290 e. The third kappa shape index (κ3) is 3.40. The van der Waals surface area contributed by atoms with Gasteiger partial charge in [0.05, 0.1) is 17.5 Å². The first-order chi connectivity index (χ1) is 14.9. The van der Waals surface area contributed by atoms with E-state index < -0.39 is 6.04 Å². The first-order valence-corrected chi connectivity index (χ1v) is 10.7. The number of nitrogens with zero attached hydrogens (tertiary/aromatic N) is 1. The highest BCUT2D eigenvalue weighted by Crippen LogP contribution is 2.48. The average Bonchev–Trinajstić information content (AvgIpc) is 3.03. The van der Waals surface area contributed by atoms with Crippen LogP contribution in [-0.4, -0.2) is 27.8 Å². The van der Waals surface area contributed by atoms with Crippen LogP contribution >= 0.6 is 0 Å². The second-order valence-electron chi connectivity index (χ2n) is 8.84. The molecule has 2 aromatic carbocycles. The maximum absolute atomic E-state index is 13.6. The minimum absolute atomic E-state index is 0.00849. The van der Waals surface area contributed by atoms with E-state index in [1.54, 1.807) is 41.3 Å². The van der Waals surface area contributed by atoms with E-state index in [1.807, 2.05) is 0 Å². The number of rotatable bonds is 3. The number of Topliss-reactive ketones (excluding diaryl/α,β-unsaturated/α-hetero) is 1. The summed E-state index contributed by atoms with van der Waals surface area (Å²) in [5.41, 5.74) is 1.91. The van der Waals surface area contributed by atoms with Crippen molar-refractivity contribution in [2.75, 3.05) is 0 Å². The fourth-order valence-corrected chi connectivity index (χ4v) is 5.08. The highest BCUT2D eigenvalue weighted by atomic mass is 19.1. The van der Waals surface area contributed by atoms with Crippen LogP contribution < -0.4 is 0 Å². The number of aromatic hydroxyl groups is 1. The van der Waals surface area contributed by atoms with Gasteiger partial charge in [0.1, 0.15) is 17.7 Å². The molecule has 2 aromatic rings. The van der Waals surface area contributed by atoms with E-state index in [2.05, 4.69) is 6.92 Å². The van der Waals surface area contributed by atoms with E-state index in [4.69, 9.17) is 4.74 Å². The maximum atomic E-state index is 13.6. The highest BCUT2D eigenvalue weighted by molar-refractivity contribution is 6.11. The summed E-state index contributed by atoms with van der Waals surface area (Å²) in [5, 5.41) is 9.73. The minimum Gasteiger partial charge on any atom is -0.508 e. The summed E-state index contributed by atoms with van der Waals surface area (Å²) < 4.78 is 19.5. The van der Waals surface area contributed by atoms with Gasteiger partial charge in [-0.2, -0.15) is 0 Å². The normalized spacial score (nSPS) is 27.7. The zero-order valence-corrected chi connectivity index (χ0v) is 17.3. The topological polar surface area (TPSA) is 66.8 Å². The monoisotopic (exact) mass is 421 g/mol. The van der Waals surface area contributed by atoms with Crippen LogP contribution in [0.5, 0.6) is 5.75 Å². The van der Waals surface area contributed by atoms with Crippen LogP contribution in [0.1, 0.15) is 43.4 Å². The molecular weight excluding hydrogens is 397 g/mol. The third-order valence-corrected chi connectivity index (χ3v) is 6.68. The SMILES string of the molecule is CC1CCC2OC3=C(C(=O)C2C1)C(c1ccc(O)cc1)N(Cc1ccc(F)cc1)C3=O. The molecule has 4 unspecified atom stereocenters. The van der Waals surface area contributed by atoms with Crippen molar-refractivity contribution in [3.8, 4) is 5.75 Å². The number of carbonyl (C=O) groups is 2. The molecule has 0 saturated heterocycles. The molecule has 0 radical (unpaired) electrons. The Morgan fingerprint density at radius 2 is 1.77 bits per heavy atom. The Hall–Kier alpha value is -3.15. The quantitative estimate of drug-likeness (QED) is 0.804. The summed E-state index contributed by atoms with van der Waals surface area (Å²) in [6, 6.07) is 11.9. The average molecular weight is 421 g/mol. The first-order valence-electron chi connectivity index (χ1n) is 10.7. The minimum atomic E-state index is -0.598. The van der Waals surface area contributed by atoms with Crippen LogP contribution in [-0.2, 0) is 20.9 Å². The number of phenols is 1. The van der Waals surface area contributed by atoms with Crippen LogP contribution in [0.25, 0.3) is 0 Å². The molecule has 6 heteroatoms. The van der Waals surface area contributed by atoms with Crippen molar-refractivity contribution in [3.05, 3.63) is 76.8 Å². The zero-order valence-electron chi connectivity index (χ0n) is 17.3. The van der Waals surface area contributed by atoms with E-state index in [-0.39, 0.29) is 47.6 Å². The zero-order chi connectivity index (χ0) is 21.7. The third-order valence-electron chi connectivity index (χ3n) is 6.68. The fraction of sp³-hybridized carbons (Fsp3) is 0.360. The van der Waals surface area contributed by atoms with Crippen LogP contribution in [0.15, 0.2) is 59.9 Å². The molecule has 1 N–H and O–H groups in total. The second kappa shape index (κ2) is 7.52. The highest BCUT2D eigenvalue weighted by Gasteiger charge is 2.52. The van der Waals surface area contributed by atoms with Gasteiger partial charge in [-0.1, -0.05) is 31.2 Å². The lowest BCUT2D eigenvalue weighted by atomic mass is 9.74. The fourth-order valence-electron chi connectivity index (χ4n) is 5.08. The first kappa shape index (κ1) is 19.8. The van der Waals surface area contributed by atoms with Crippen molar-refractivity contribution in [3.63, 3.8) is 0 Å². The Bertz CT molecular complexity index is 1060. The molecule has 5 nitrogen and oxygen atoms in total. The van der Waals surface area contributed by atoms with Gasteiger partial charge in [0, 0.05) is 6.54 Å². The summed E-state index contributed by atoms with van der Waals surface area (Å²) in [6.45, 7) is 2.37. The molecule has 0 aromatic heterocycles. The van der Waals surface area contributed by atoms with Gasteiger partial charge in [-0.3, -0.25) is 9.59 Å². The summed E-state index contributed by atoms with van der Waals surface area (Å²) in [7, 11) is 0. The predicted octanol–water partition coefficient (Wildman–Crippen LogP) is 4.27. The molecule has 0 bridgehead atoms. The molecule has 3 aliphatic rings. The lowest BCUT2D eigenvalue weighted by molar-refractivity contribution is -0.136. The van der Waals surface area contributed by atoms with Gasteiger partial charge in [-0.05, 0) is 60.6 Å². The lowest BCUT2D eigenvalue weighted by Crippen LogP contribution is -2.41. The van der Waals surface area contributed by atoms with Crippen molar-refractivity contribution in [1.29, 1.82) is 0 Å². The molecule has 0 spiro atoms. The Morgan fingerprint density at radius 3 is 2.48 bits per heavy atom. The standard InChI is InChI=1S/C25H24FNO4/c1-14-2-11-20-19(12-14)23(29)21-22(16-5-9-18(28)10-6-16)27(25(30)24(21)31-20)13-15-3-7-17(26)8-4-15/h3-10,14,19-20,22,28H,2,11-13H2,1H3. The Morgan fingerprint density at radius 1 is 1.06 bits per heavy atom. The van der Waals surface area contributed by atoms with Gasteiger partial charge in [0.2, 0.25) is 0 Å². The van der Waals surface area contributed by atoms with E-state index in [0.717, 1.165) is 30.4 Å². The molecule has 2 heterocycles. The van der Waals surface area contributed by atoms with Crippen LogP contribution in [0.3, 0.4) is 0 Å². The molecular formula is C25H24FNO4. The van der Waals surface area contributed by atoms with Crippen molar-refractivity contribution >= 4 is 11.7 Å². The molecule has 1 amide bonds. The molecule has 1 fully saturated rings. The van der Waals surface area contributed by atoms with E-state index in [0.29, 0.717) is 11.5 Å². The molecule has 1 aliphatic carbocycles. The number of phenolic OH excluding ortho intramolecular Hbond substituents is 1. The Balaban J connectivity index is 1.56. The molecule has 4 atom stereocenters. The van der Waals surface area contributed by atoms with Crippen molar-refractivity contribution in [2.45, 2.75) is 44.9 Å². The number of hydrogen-bond acceptors (Lipinski definition) is 4. The number of benzene rings is 2. The number of amides is 1. The van der Waals surface area contributed by atoms with Gasteiger partial charge in [-0.25, -0.2) is 4.39 Å². The molecule has 2 aliphatic heterocycles. The number of ketones is 1. The predicted molar refractivity (Wildman–Crippen MR) is 111 cm³/mol. The van der Waals surface area contributed by atoms with Gasteiger partial charge in [-0.15, -0.1) is 0 Å².